The first-order chi connectivity index (χ1) is 11.8. The van der Waals surface area contributed by atoms with E-state index >= 15 is 0 Å². The summed E-state index contributed by atoms with van der Waals surface area (Å²) >= 11 is 0. The Morgan fingerprint density at radius 3 is 2.67 bits per heavy atom. The molecule has 1 aliphatic carbocycles. The highest BCUT2D eigenvalue weighted by atomic mass is 16.3. The lowest BCUT2D eigenvalue weighted by atomic mass is 10.0. The molecule has 1 aromatic heterocycles. The van der Waals surface area contributed by atoms with Crippen LogP contribution < -0.4 is 5.32 Å². The van der Waals surface area contributed by atoms with Gasteiger partial charge in [0.15, 0.2) is 6.39 Å². The molecular weight excluding hydrogens is 298 g/mol. The second-order valence-corrected chi connectivity index (χ2v) is 7.24. The third-order valence-electron chi connectivity index (χ3n) is 5.29. The van der Waals surface area contributed by atoms with E-state index in [-0.39, 0.29) is 0 Å². The van der Waals surface area contributed by atoms with Crippen molar-refractivity contribution in [2.24, 2.45) is 0 Å². The van der Waals surface area contributed by atoms with E-state index in [0.717, 1.165) is 24.5 Å². The molecule has 2 aromatic rings. The fourth-order valence-electron chi connectivity index (χ4n) is 3.72. The van der Waals surface area contributed by atoms with Gasteiger partial charge in [0.25, 0.3) is 0 Å². The first-order valence-electron chi connectivity index (χ1n) is 9.25. The van der Waals surface area contributed by atoms with Gasteiger partial charge in [-0.2, -0.15) is 0 Å². The lowest BCUT2D eigenvalue weighted by Crippen LogP contribution is -2.34. The van der Waals surface area contributed by atoms with Crippen LogP contribution in [0.3, 0.4) is 0 Å². The van der Waals surface area contributed by atoms with Gasteiger partial charge in [-0.15, -0.1) is 0 Å². The quantitative estimate of drug-likeness (QED) is 0.841. The van der Waals surface area contributed by atoms with Crippen LogP contribution in [-0.2, 0) is 6.54 Å². The number of nitrogens with one attached hydrogen (secondary N) is 1. The smallest absolute Gasteiger partial charge is 0.181 e. The minimum atomic E-state index is 0.448. The molecule has 1 N–H and O–H groups in total. The van der Waals surface area contributed by atoms with Gasteiger partial charge >= 0.3 is 0 Å². The van der Waals surface area contributed by atoms with Crippen LogP contribution in [0.2, 0.25) is 0 Å². The molecular formula is C20H27N3O. The number of nitrogens with zero attached hydrogens (tertiary/aromatic N) is 2. The Kier molecular flexibility index (Phi) is 4.67. The van der Waals surface area contributed by atoms with Crippen molar-refractivity contribution in [3.63, 3.8) is 0 Å². The molecule has 2 fully saturated rings. The Hall–Kier alpha value is -1.65. The van der Waals surface area contributed by atoms with E-state index < -0.39 is 0 Å². The third kappa shape index (κ3) is 3.55. The maximum Gasteiger partial charge on any atom is 0.181 e. The summed E-state index contributed by atoms with van der Waals surface area (Å²) in [6, 6.07) is 9.46. The second-order valence-electron chi connectivity index (χ2n) is 7.24. The highest BCUT2D eigenvalue weighted by Crippen LogP contribution is 2.41. The summed E-state index contributed by atoms with van der Waals surface area (Å²) < 4.78 is 5.58. The predicted molar refractivity (Wildman–Crippen MR) is 94.9 cm³/mol. The monoisotopic (exact) mass is 325 g/mol. The van der Waals surface area contributed by atoms with E-state index in [9.17, 15) is 0 Å². The number of oxazole rings is 1. The first kappa shape index (κ1) is 15.9. The van der Waals surface area contributed by atoms with Crippen LogP contribution in [0.15, 0.2) is 35.1 Å². The first-order valence-corrected chi connectivity index (χ1v) is 9.25. The van der Waals surface area contributed by atoms with Crippen molar-refractivity contribution < 1.29 is 4.42 Å². The molecule has 0 bridgehead atoms. The topological polar surface area (TPSA) is 41.3 Å². The van der Waals surface area contributed by atoms with Crippen molar-refractivity contribution in [3.05, 3.63) is 53.2 Å². The van der Waals surface area contributed by atoms with Crippen LogP contribution in [0, 0.1) is 6.92 Å². The molecule has 1 aromatic carbocycles. The van der Waals surface area contributed by atoms with E-state index in [2.05, 4.69) is 46.4 Å². The zero-order valence-electron chi connectivity index (χ0n) is 14.5. The normalized spacial score (nSPS) is 19.7. The van der Waals surface area contributed by atoms with E-state index in [0.29, 0.717) is 12.0 Å². The van der Waals surface area contributed by atoms with Gasteiger partial charge < -0.3 is 9.73 Å². The fraction of sp³-hybridized carbons (Fsp3) is 0.550. The summed E-state index contributed by atoms with van der Waals surface area (Å²) in [5.74, 6) is 1.73. The summed E-state index contributed by atoms with van der Waals surface area (Å²) in [7, 11) is 0. The van der Waals surface area contributed by atoms with Gasteiger partial charge in [0.05, 0.1) is 5.69 Å². The summed E-state index contributed by atoms with van der Waals surface area (Å²) in [4.78, 5) is 7.03. The van der Waals surface area contributed by atoms with Gasteiger partial charge in [-0.25, -0.2) is 4.98 Å². The summed E-state index contributed by atoms with van der Waals surface area (Å²) in [6.07, 6.45) is 6.74. The zero-order valence-corrected chi connectivity index (χ0v) is 14.5. The minimum Gasteiger partial charge on any atom is -0.448 e. The molecule has 0 radical (unpaired) electrons. The van der Waals surface area contributed by atoms with E-state index in [1.807, 2.05) is 0 Å². The highest BCUT2D eigenvalue weighted by Gasteiger charge is 2.30. The molecule has 1 saturated heterocycles. The molecule has 0 spiro atoms. The van der Waals surface area contributed by atoms with Gasteiger partial charge in [-0.3, -0.25) is 4.90 Å². The van der Waals surface area contributed by atoms with Crippen LogP contribution >= 0.6 is 0 Å². The zero-order chi connectivity index (χ0) is 16.4. The maximum absolute atomic E-state index is 5.58. The number of hydrogen-bond acceptors (Lipinski definition) is 4. The Bertz CT molecular complexity index is 654. The number of benzene rings is 1. The molecule has 4 rings (SSSR count). The van der Waals surface area contributed by atoms with Crippen LogP contribution in [0.25, 0.3) is 0 Å². The molecule has 1 atom stereocenters. The molecule has 2 aliphatic rings. The second kappa shape index (κ2) is 7.08. The highest BCUT2D eigenvalue weighted by molar-refractivity contribution is 5.25. The number of aromatic nitrogens is 1. The van der Waals surface area contributed by atoms with Crippen LogP contribution in [0.4, 0.5) is 0 Å². The average Bonchev–Trinajstić information content (AvgIpc) is 3.10. The fourth-order valence-corrected chi connectivity index (χ4v) is 3.72. The Balaban J connectivity index is 1.41. The molecule has 2 heterocycles. The van der Waals surface area contributed by atoms with E-state index in [1.54, 1.807) is 6.39 Å². The van der Waals surface area contributed by atoms with Crippen LogP contribution in [-0.4, -0.2) is 29.5 Å². The van der Waals surface area contributed by atoms with Gasteiger partial charge in [0, 0.05) is 25.0 Å². The van der Waals surface area contributed by atoms with Gasteiger partial charge in [-0.05, 0) is 51.3 Å². The Morgan fingerprint density at radius 2 is 1.96 bits per heavy atom. The van der Waals surface area contributed by atoms with Crippen LogP contribution in [0.5, 0.6) is 0 Å². The standard InChI is InChI=1S/C20H27N3O/c1-15-4-6-16(7-5-15)19(23-10-2-3-11-23)13-21-12-18-20(17-8-9-17)24-14-22-18/h4-7,14,17,19,21H,2-3,8-13H2,1H3. The van der Waals surface area contributed by atoms with E-state index in [1.165, 1.54) is 49.9 Å². The molecule has 4 nitrogen and oxygen atoms in total. The minimum absolute atomic E-state index is 0.448. The third-order valence-corrected chi connectivity index (χ3v) is 5.29. The van der Waals surface area contributed by atoms with Crippen LogP contribution in [0.1, 0.15) is 60.2 Å². The molecule has 128 valence electrons. The van der Waals surface area contributed by atoms with Crippen molar-refractivity contribution in [3.8, 4) is 0 Å². The van der Waals surface area contributed by atoms with Gasteiger partial charge in [0.2, 0.25) is 0 Å². The number of likely N-dealkylation sites (tertiary alicyclic amines) is 1. The Morgan fingerprint density at radius 1 is 1.21 bits per heavy atom. The van der Waals surface area contributed by atoms with Crippen molar-refractivity contribution in [1.82, 2.24) is 15.2 Å². The Labute approximate surface area is 144 Å². The van der Waals surface area contributed by atoms with E-state index in [4.69, 9.17) is 4.42 Å². The SMILES string of the molecule is Cc1ccc(C(CNCc2ncoc2C2CC2)N2CCCC2)cc1. The van der Waals surface area contributed by atoms with Crippen molar-refractivity contribution in [1.29, 1.82) is 0 Å². The molecule has 24 heavy (non-hydrogen) atoms. The van der Waals surface area contributed by atoms with Gasteiger partial charge in [0.1, 0.15) is 5.76 Å². The predicted octanol–water partition coefficient (Wildman–Crippen LogP) is 3.79. The number of hydrogen-bond donors (Lipinski definition) is 1. The molecule has 1 saturated carbocycles. The number of aryl methyl sites for hydroxylation is 1. The van der Waals surface area contributed by atoms with Crippen molar-refractivity contribution >= 4 is 0 Å². The summed E-state index contributed by atoms with van der Waals surface area (Å²) in [6.45, 7) is 6.32. The molecule has 1 aliphatic heterocycles. The molecule has 0 amide bonds. The van der Waals surface area contributed by atoms with Crippen molar-refractivity contribution in [2.45, 2.75) is 51.1 Å². The van der Waals surface area contributed by atoms with Gasteiger partial charge in [-0.1, -0.05) is 29.8 Å². The summed E-state index contributed by atoms with van der Waals surface area (Å²) in [5, 5.41) is 3.64. The summed E-state index contributed by atoms with van der Waals surface area (Å²) in [5.41, 5.74) is 3.84. The maximum atomic E-state index is 5.58. The largest absolute Gasteiger partial charge is 0.448 e. The number of rotatable bonds is 7. The molecule has 1 unspecified atom stereocenters. The lowest BCUT2D eigenvalue weighted by Gasteiger charge is -2.28. The lowest BCUT2D eigenvalue weighted by molar-refractivity contribution is 0.238. The average molecular weight is 325 g/mol. The molecule has 4 heteroatoms. The van der Waals surface area contributed by atoms with Crippen molar-refractivity contribution in [2.75, 3.05) is 19.6 Å².